The number of carbonyl (C=O) groups is 1. The molecule has 7 atom stereocenters. The molecule has 51 heavy (non-hydrogen) atoms. The molecule has 0 radical (unpaired) electrons. The van der Waals surface area contributed by atoms with E-state index >= 15 is 0 Å². The van der Waals surface area contributed by atoms with Gasteiger partial charge in [-0.15, -0.1) is 0 Å². The van der Waals surface area contributed by atoms with Gasteiger partial charge in [0.05, 0.1) is 25.4 Å². The van der Waals surface area contributed by atoms with Crippen LogP contribution in [0.25, 0.3) is 0 Å². The number of carbonyl (C=O) groups excluding carboxylic acids is 1. The molecule has 1 rings (SSSR count). The first-order valence-electron chi connectivity index (χ1n) is 19.4. The molecule has 0 aliphatic carbocycles. The monoisotopic (exact) mass is 747 g/mol. The molecule has 1 heterocycles. The highest BCUT2D eigenvalue weighted by molar-refractivity contribution is 7.80. The van der Waals surface area contributed by atoms with Crippen molar-refractivity contribution < 1.29 is 51.8 Å². The van der Waals surface area contributed by atoms with Crippen LogP contribution >= 0.6 is 0 Å². The second-order valence-electron chi connectivity index (χ2n) is 13.5. The van der Waals surface area contributed by atoms with E-state index in [1.807, 2.05) is 6.08 Å². The van der Waals surface area contributed by atoms with Crippen LogP contribution in [0.2, 0.25) is 0 Å². The van der Waals surface area contributed by atoms with E-state index in [2.05, 4.69) is 47.7 Å². The largest absolute Gasteiger partial charge is 0.397 e. The van der Waals surface area contributed by atoms with Gasteiger partial charge in [-0.25, -0.2) is 4.18 Å². The van der Waals surface area contributed by atoms with Crippen molar-refractivity contribution in [1.82, 2.24) is 5.32 Å². The molecule has 298 valence electrons. The van der Waals surface area contributed by atoms with Crippen molar-refractivity contribution in [3.63, 3.8) is 0 Å². The molecule has 0 aromatic carbocycles. The molecule has 0 spiro atoms. The van der Waals surface area contributed by atoms with E-state index in [0.717, 1.165) is 70.6 Å². The third-order valence-corrected chi connectivity index (χ3v) is 9.41. The van der Waals surface area contributed by atoms with Crippen LogP contribution in [0.3, 0.4) is 0 Å². The summed E-state index contributed by atoms with van der Waals surface area (Å²) in [5, 5.41) is 44.3. The lowest BCUT2D eigenvalue weighted by Crippen LogP contribution is -2.61. The van der Waals surface area contributed by atoms with Gasteiger partial charge in [-0.2, -0.15) is 8.42 Å². The Morgan fingerprint density at radius 2 is 1.29 bits per heavy atom. The number of unbranched alkanes of at least 4 members (excludes halogenated alkanes) is 16. The lowest BCUT2D eigenvalue weighted by Gasteiger charge is -2.41. The van der Waals surface area contributed by atoms with Crippen LogP contribution in [-0.4, -0.2) is 95.4 Å². The van der Waals surface area contributed by atoms with Crippen molar-refractivity contribution in [2.75, 3.05) is 13.2 Å². The van der Waals surface area contributed by atoms with E-state index in [4.69, 9.17) is 14.0 Å². The van der Waals surface area contributed by atoms with Crippen molar-refractivity contribution in [3.05, 3.63) is 36.5 Å². The first-order chi connectivity index (χ1) is 24.5. The fourth-order valence-electron chi connectivity index (χ4n) is 5.85. The second-order valence-corrected chi connectivity index (χ2v) is 14.6. The molecule has 13 heteroatoms. The van der Waals surface area contributed by atoms with Crippen LogP contribution in [0.1, 0.15) is 142 Å². The topological polar surface area (TPSA) is 192 Å². The van der Waals surface area contributed by atoms with Gasteiger partial charge in [0.15, 0.2) is 6.29 Å². The summed E-state index contributed by atoms with van der Waals surface area (Å²) in [5.41, 5.74) is 0. The fourth-order valence-corrected chi connectivity index (χ4v) is 6.36. The lowest BCUT2D eigenvalue weighted by atomic mass is 9.99. The minimum absolute atomic E-state index is 0.254. The van der Waals surface area contributed by atoms with Crippen LogP contribution in [0.4, 0.5) is 0 Å². The molecule has 1 amide bonds. The Hall–Kier alpha value is -1.68. The predicted octanol–water partition coefficient (Wildman–Crippen LogP) is 5.99. The van der Waals surface area contributed by atoms with Crippen LogP contribution in [-0.2, 0) is 28.9 Å². The molecule has 0 bridgehead atoms. The highest BCUT2D eigenvalue weighted by Crippen LogP contribution is 2.26. The quantitative estimate of drug-likeness (QED) is 0.0211. The molecule has 6 N–H and O–H groups in total. The van der Waals surface area contributed by atoms with E-state index in [9.17, 15) is 33.6 Å². The number of allylic oxidation sites excluding steroid dienone is 5. The Bertz CT molecular complexity index is 1070. The first kappa shape index (κ1) is 47.3. The Morgan fingerprint density at radius 3 is 1.86 bits per heavy atom. The van der Waals surface area contributed by atoms with Gasteiger partial charge < -0.3 is 35.2 Å². The van der Waals surface area contributed by atoms with Gasteiger partial charge in [0.2, 0.25) is 5.91 Å². The minimum Gasteiger partial charge on any atom is -0.394 e. The van der Waals surface area contributed by atoms with Gasteiger partial charge in [-0.05, 0) is 44.9 Å². The molecule has 0 aromatic heterocycles. The first-order valence-corrected chi connectivity index (χ1v) is 20.8. The van der Waals surface area contributed by atoms with E-state index < -0.39 is 59.9 Å². The summed E-state index contributed by atoms with van der Waals surface area (Å²) in [4.78, 5) is 12.9. The molecule has 1 saturated heterocycles. The molecule has 0 saturated carbocycles. The van der Waals surface area contributed by atoms with Crippen molar-refractivity contribution >= 4 is 16.3 Å². The zero-order valence-electron chi connectivity index (χ0n) is 31.2. The Morgan fingerprint density at radius 1 is 0.784 bits per heavy atom. The number of nitrogens with one attached hydrogen (secondary N) is 1. The highest BCUT2D eigenvalue weighted by atomic mass is 32.3. The maximum absolute atomic E-state index is 12.9. The summed E-state index contributed by atoms with van der Waals surface area (Å²) in [6.45, 7) is 3.27. The number of ether oxygens (including phenoxy) is 2. The highest BCUT2D eigenvalue weighted by Gasteiger charge is 2.48. The number of aliphatic hydroxyl groups is 4. The van der Waals surface area contributed by atoms with Gasteiger partial charge >= 0.3 is 10.4 Å². The van der Waals surface area contributed by atoms with E-state index in [0.29, 0.717) is 6.42 Å². The number of hydrogen-bond acceptors (Lipinski definition) is 10. The molecule has 0 aromatic rings. The summed E-state index contributed by atoms with van der Waals surface area (Å²) >= 11 is 0. The average Bonchev–Trinajstić information content (AvgIpc) is 3.09. The third-order valence-electron chi connectivity index (χ3n) is 8.94. The number of hydrogen-bond donors (Lipinski definition) is 6. The van der Waals surface area contributed by atoms with Gasteiger partial charge in [0.25, 0.3) is 0 Å². The van der Waals surface area contributed by atoms with Gasteiger partial charge in [0, 0.05) is 6.42 Å². The number of aliphatic hydroxyl groups excluding tert-OH is 4. The smallest absolute Gasteiger partial charge is 0.394 e. The Labute approximate surface area is 307 Å². The molecule has 1 aliphatic heterocycles. The fraction of sp³-hybridized carbons (Fsp3) is 0.816. The maximum Gasteiger partial charge on any atom is 0.397 e. The SMILES string of the molecule is CCCCC/C=C\C=C/CCCCCCCCC(=O)NC(COC1OC(CO)C(O)C(OS(=O)(=O)O)C1O)C(O)/C=C/CCCCCCCCC. The Kier molecular flexibility index (Phi) is 27.6. The van der Waals surface area contributed by atoms with Crippen LogP contribution in [0, 0.1) is 0 Å². The van der Waals surface area contributed by atoms with Gasteiger partial charge in [-0.1, -0.05) is 127 Å². The zero-order valence-corrected chi connectivity index (χ0v) is 32.0. The molecule has 7 unspecified atom stereocenters. The van der Waals surface area contributed by atoms with Crippen LogP contribution < -0.4 is 5.32 Å². The molecular formula is C38H69NO11S. The molecule has 1 fully saturated rings. The van der Waals surface area contributed by atoms with Gasteiger partial charge in [0.1, 0.15) is 24.4 Å². The lowest BCUT2D eigenvalue weighted by molar-refractivity contribution is -0.298. The van der Waals surface area contributed by atoms with E-state index in [-0.39, 0.29) is 18.9 Å². The van der Waals surface area contributed by atoms with Crippen molar-refractivity contribution in [3.8, 4) is 0 Å². The summed E-state index contributed by atoms with van der Waals surface area (Å²) < 4.78 is 47.3. The average molecular weight is 748 g/mol. The molecular weight excluding hydrogens is 678 g/mol. The maximum atomic E-state index is 12.9. The Balaban J connectivity index is 2.62. The predicted molar refractivity (Wildman–Crippen MR) is 199 cm³/mol. The van der Waals surface area contributed by atoms with Crippen molar-refractivity contribution in [2.45, 2.75) is 185 Å². The van der Waals surface area contributed by atoms with Crippen molar-refractivity contribution in [2.24, 2.45) is 0 Å². The van der Waals surface area contributed by atoms with E-state index in [1.165, 1.54) is 44.9 Å². The number of amides is 1. The molecule has 1 aliphatic rings. The van der Waals surface area contributed by atoms with Crippen molar-refractivity contribution in [1.29, 1.82) is 0 Å². The summed E-state index contributed by atoms with van der Waals surface area (Å²) in [7, 11) is -5.08. The van der Waals surface area contributed by atoms with Crippen LogP contribution in [0.5, 0.6) is 0 Å². The summed E-state index contributed by atoms with van der Waals surface area (Å²) in [6.07, 6.45) is 23.4. The summed E-state index contributed by atoms with van der Waals surface area (Å²) in [5.74, 6) is -0.280. The zero-order chi connectivity index (χ0) is 37.7. The number of rotatable bonds is 31. The normalized spacial score (nSPS) is 22.7. The third kappa shape index (κ3) is 23.6. The van der Waals surface area contributed by atoms with E-state index in [1.54, 1.807) is 6.08 Å². The van der Waals surface area contributed by atoms with Crippen LogP contribution in [0.15, 0.2) is 36.5 Å². The second kappa shape index (κ2) is 29.7. The summed E-state index contributed by atoms with van der Waals surface area (Å²) in [6, 6.07) is -0.946. The molecule has 12 nitrogen and oxygen atoms in total. The standard InChI is InChI=1S/C38H69NO11S/c1-3-5-7-9-11-13-14-15-16-17-18-20-22-24-26-28-34(42)39-31(32(41)27-25-23-21-19-12-10-8-6-4-2)30-48-38-36(44)37(50-51(45,46)47)35(43)33(29-40)49-38/h11,13-15,25,27,31-33,35-38,40-41,43-44H,3-10,12,16-24,26,28-30H2,1-2H3,(H,39,42)(H,45,46,47)/b13-11-,15-14-,27-25+. The van der Waals surface area contributed by atoms with Gasteiger partial charge in [-0.3, -0.25) is 9.35 Å². The minimum atomic E-state index is -5.08.